The molecular formula is C64H112NO8P. The first-order valence-electron chi connectivity index (χ1n) is 29.9. The fourth-order valence-corrected chi connectivity index (χ4v) is 8.75. The van der Waals surface area contributed by atoms with Gasteiger partial charge < -0.3 is 27.9 Å². The molecule has 0 saturated heterocycles. The van der Waals surface area contributed by atoms with Crippen molar-refractivity contribution in [2.45, 2.75) is 251 Å². The van der Waals surface area contributed by atoms with Crippen molar-refractivity contribution in [3.8, 4) is 0 Å². The first-order chi connectivity index (χ1) is 36.0. The Hall–Kier alpha value is -3.07. The normalized spacial score (nSPS) is 14.0. The molecule has 0 fully saturated rings. The zero-order valence-corrected chi connectivity index (χ0v) is 49.2. The number of hydrogen-bond donors (Lipinski definition) is 0. The summed E-state index contributed by atoms with van der Waals surface area (Å²) in [5, 5.41) is 0. The predicted octanol–water partition coefficient (Wildman–Crippen LogP) is 18.2. The Labute approximate surface area is 455 Å². The van der Waals surface area contributed by atoms with Gasteiger partial charge in [-0.25, -0.2) is 0 Å². The first-order valence-corrected chi connectivity index (χ1v) is 31.4. The Bertz CT molecular complexity index is 1570. The van der Waals surface area contributed by atoms with Crippen LogP contribution in [0.25, 0.3) is 0 Å². The summed E-state index contributed by atoms with van der Waals surface area (Å²) >= 11 is 0. The van der Waals surface area contributed by atoms with E-state index in [1.54, 1.807) is 0 Å². The van der Waals surface area contributed by atoms with Crippen molar-refractivity contribution < 1.29 is 42.1 Å². The SMILES string of the molecule is CC/C=C\C/C=C\C/C=C\C/C=C\C/C=C\C/C=C\C/C=C\C/C=C\CCCCCCCCCCCCCCC(=O)OC(COC(=O)CCCCCCCCCCCCCCC)COP(=O)([O-])OCC[N+](C)(C)C. The predicted molar refractivity (Wildman–Crippen MR) is 314 cm³/mol. The maximum atomic E-state index is 12.8. The molecule has 0 aliphatic heterocycles. The molecule has 0 bridgehead atoms. The Kier molecular flexibility index (Phi) is 52.4. The van der Waals surface area contributed by atoms with Crippen molar-refractivity contribution in [1.29, 1.82) is 0 Å². The molecule has 0 radical (unpaired) electrons. The molecule has 2 atom stereocenters. The number of rotatable bonds is 54. The van der Waals surface area contributed by atoms with Crippen LogP contribution in [0, 0.1) is 0 Å². The molecule has 0 saturated carbocycles. The van der Waals surface area contributed by atoms with Gasteiger partial charge in [-0.3, -0.25) is 14.2 Å². The van der Waals surface area contributed by atoms with Crippen LogP contribution in [0.4, 0.5) is 0 Å². The molecule has 0 rings (SSSR count). The lowest BCUT2D eigenvalue weighted by Crippen LogP contribution is -2.37. The maximum absolute atomic E-state index is 12.8. The number of nitrogens with zero attached hydrogens (tertiary/aromatic N) is 1. The number of phosphoric acid groups is 1. The number of quaternary nitrogens is 1. The quantitative estimate of drug-likeness (QED) is 0.0195. The molecule has 10 heteroatoms. The molecule has 426 valence electrons. The molecule has 0 aromatic carbocycles. The van der Waals surface area contributed by atoms with E-state index in [1.165, 1.54) is 122 Å². The minimum atomic E-state index is -4.64. The second-order valence-corrected chi connectivity index (χ2v) is 22.4. The van der Waals surface area contributed by atoms with Crippen LogP contribution < -0.4 is 4.89 Å². The van der Waals surface area contributed by atoms with Crippen molar-refractivity contribution in [2.75, 3.05) is 47.5 Å². The van der Waals surface area contributed by atoms with E-state index in [9.17, 15) is 19.0 Å². The smallest absolute Gasteiger partial charge is 0.306 e. The molecule has 74 heavy (non-hydrogen) atoms. The van der Waals surface area contributed by atoms with Gasteiger partial charge in [0.15, 0.2) is 6.10 Å². The zero-order chi connectivity index (χ0) is 54.2. The minimum Gasteiger partial charge on any atom is -0.756 e. The van der Waals surface area contributed by atoms with Gasteiger partial charge in [0.05, 0.1) is 27.7 Å². The summed E-state index contributed by atoms with van der Waals surface area (Å²) in [5.41, 5.74) is 0. The molecule has 0 aliphatic carbocycles. The number of phosphoric ester groups is 1. The average molecular weight is 1050 g/mol. The molecule has 9 nitrogen and oxygen atoms in total. The number of allylic oxidation sites excluding steroid dienone is 16. The Balaban J connectivity index is 4.05. The van der Waals surface area contributed by atoms with Gasteiger partial charge in [-0.15, -0.1) is 0 Å². The van der Waals surface area contributed by atoms with E-state index >= 15 is 0 Å². The lowest BCUT2D eigenvalue weighted by molar-refractivity contribution is -0.870. The van der Waals surface area contributed by atoms with Crippen LogP contribution in [0.1, 0.15) is 245 Å². The molecule has 0 aromatic heterocycles. The standard InChI is InChI=1S/C64H112NO8P/c1-6-8-10-12-14-16-18-20-21-22-23-24-25-26-27-28-29-30-31-32-33-34-35-36-37-38-39-40-41-42-43-45-47-49-51-53-55-57-64(67)73-62(61-72-74(68,69)71-59-58-65(3,4)5)60-70-63(66)56-54-52-50-48-46-44-19-17-15-13-11-9-7-2/h8,10,14,16,20-21,23-24,26-27,29-30,32-33,35-36,62H,6-7,9,11-13,15,17-19,22,25,28,31,34,37-61H2,1-5H3/b10-8-,16-14-,21-20-,24-23-,27-26-,30-29-,33-32-,36-35-. The van der Waals surface area contributed by atoms with Gasteiger partial charge in [0, 0.05) is 12.8 Å². The number of likely N-dealkylation sites (N-methyl/N-ethyl adjacent to an activating group) is 1. The van der Waals surface area contributed by atoms with Crippen LogP contribution in [0.15, 0.2) is 97.2 Å². The zero-order valence-electron chi connectivity index (χ0n) is 48.3. The van der Waals surface area contributed by atoms with E-state index in [0.717, 1.165) is 89.9 Å². The second kappa shape index (κ2) is 54.7. The minimum absolute atomic E-state index is 0.0331. The van der Waals surface area contributed by atoms with Crippen LogP contribution in [0.2, 0.25) is 0 Å². The molecule has 0 spiro atoms. The number of carbonyl (C=O) groups is 2. The Morgan fingerprint density at radius 3 is 1.15 bits per heavy atom. The van der Waals surface area contributed by atoms with E-state index in [4.69, 9.17) is 18.5 Å². The molecule has 0 amide bonds. The molecule has 0 heterocycles. The molecule has 0 aromatic rings. The van der Waals surface area contributed by atoms with E-state index in [2.05, 4.69) is 111 Å². The van der Waals surface area contributed by atoms with Crippen molar-refractivity contribution in [3.05, 3.63) is 97.2 Å². The second-order valence-electron chi connectivity index (χ2n) is 21.0. The summed E-state index contributed by atoms with van der Waals surface area (Å²) in [7, 11) is 1.16. The van der Waals surface area contributed by atoms with Crippen molar-refractivity contribution in [3.63, 3.8) is 0 Å². The summed E-state index contributed by atoms with van der Waals surface area (Å²) in [6.07, 6.45) is 74.6. The topological polar surface area (TPSA) is 111 Å². The monoisotopic (exact) mass is 1050 g/mol. The molecule has 2 unspecified atom stereocenters. The fourth-order valence-electron chi connectivity index (χ4n) is 8.03. The third-order valence-corrected chi connectivity index (χ3v) is 13.6. The van der Waals surface area contributed by atoms with Crippen LogP contribution >= 0.6 is 7.82 Å². The number of ether oxygens (including phenoxy) is 2. The fraction of sp³-hybridized carbons (Fsp3) is 0.719. The number of carbonyl (C=O) groups excluding carboxylic acids is 2. The van der Waals surface area contributed by atoms with Crippen LogP contribution in [-0.4, -0.2) is 70.0 Å². The van der Waals surface area contributed by atoms with Crippen molar-refractivity contribution >= 4 is 19.8 Å². The highest BCUT2D eigenvalue weighted by molar-refractivity contribution is 7.45. The summed E-state index contributed by atoms with van der Waals surface area (Å²) in [6, 6.07) is 0. The number of esters is 2. The third kappa shape index (κ3) is 58.2. The van der Waals surface area contributed by atoms with Gasteiger partial charge in [-0.1, -0.05) is 252 Å². The van der Waals surface area contributed by atoms with E-state index in [-0.39, 0.29) is 32.0 Å². The molecular weight excluding hydrogens is 942 g/mol. The van der Waals surface area contributed by atoms with Gasteiger partial charge in [0.1, 0.15) is 19.8 Å². The van der Waals surface area contributed by atoms with Gasteiger partial charge >= 0.3 is 11.9 Å². The van der Waals surface area contributed by atoms with Crippen molar-refractivity contribution in [2.24, 2.45) is 0 Å². The average Bonchev–Trinajstić information content (AvgIpc) is 3.36. The number of hydrogen-bond acceptors (Lipinski definition) is 8. The largest absolute Gasteiger partial charge is 0.756 e. The maximum Gasteiger partial charge on any atom is 0.306 e. The highest BCUT2D eigenvalue weighted by atomic mass is 31.2. The highest BCUT2D eigenvalue weighted by Gasteiger charge is 2.22. The van der Waals surface area contributed by atoms with Crippen LogP contribution in [0.3, 0.4) is 0 Å². The summed E-state index contributed by atoms with van der Waals surface area (Å²) in [6.45, 7) is 4.12. The summed E-state index contributed by atoms with van der Waals surface area (Å²) in [5.74, 6) is -0.833. The van der Waals surface area contributed by atoms with Gasteiger partial charge in [-0.05, 0) is 77.0 Å². The number of unbranched alkanes of at least 4 members (excludes halogenated alkanes) is 24. The van der Waals surface area contributed by atoms with Crippen molar-refractivity contribution in [1.82, 2.24) is 0 Å². The van der Waals surface area contributed by atoms with Gasteiger partial charge in [0.25, 0.3) is 7.82 Å². The first kappa shape index (κ1) is 70.9. The summed E-state index contributed by atoms with van der Waals surface area (Å²) in [4.78, 5) is 37.8. The Morgan fingerprint density at radius 1 is 0.432 bits per heavy atom. The Morgan fingerprint density at radius 2 is 0.770 bits per heavy atom. The van der Waals surface area contributed by atoms with Gasteiger partial charge in [-0.2, -0.15) is 0 Å². The van der Waals surface area contributed by atoms with E-state index in [0.29, 0.717) is 17.4 Å². The van der Waals surface area contributed by atoms with Gasteiger partial charge in [0.2, 0.25) is 0 Å². The van der Waals surface area contributed by atoms with Crippen LogP contribution in [-0.2, 0) is 32.7 Å². The molecule has 0 N–H and O–H groups in total. The van der Waals surface area contributed by atoms with E-state index < -0.39 is 26.5 Å². The summed E-state index contributed by atoms with van der Waals surface area (Å²) < 4.78 is 34.1. The lowest BCUT2D eigenvalue weighted by atomic mass is 10.0. The lowest BCUT2D eigenvalue weighted by Gasteiger charge is -2.28. The van der Waals surface area contributed by atoms with Crippen LogP contribution in [0.5, 0.6) is 0 Å². The third-order valence-electron chi connectivity index (χ3n) is 12.6. The molecule has 0 aliphatic rings. The van der Waals surface area contributed by atoms with E-state index in [1.807, 2.05) is 21.1 Å². The highest BCUT2D eigenvalue weighted by Crippen LogP contribution is 2.38.